The van der Waals surface area contributed by atoms with Crippen molar-refractivity contribution in [2.45, 2.75) is 34.9 Å². The number of carbonyl (C=O) groups excluding carboxylic acids is 1. The summed E-state index contributed by atoms with van der Waals surface area (Å²) in [6.07, 6.45) is 4.23. The minimum absolute atomic E-state index is 0.234. The number of hydrogen-bond acceptors (Lipinski definition) is 4. The molecular weight excluding hydrogens is 265 g/mol. The SMILES string of the molecule is O=C=NC1(c2ccc(SC3COC3)c(F)c2)CCC1. The molecule has 0 amide bonds. The number of halogens is 1. The largest absolute Gasteiger partial charge is 0.379 e. The van der Waals surface area contributed by atoms with Crippen LogP contribution in [0.3, 0.4) is 0 Å². The lowest BCUT2D eigenvalue weighted by atomic mass is 9.72. The molecule has 5 heteroatoms. The molecule has 1 aromatic carbocycles. The Balaban J connectivity index is 1.83. The van der Waals surface area contributed by atoms with Crippen molar-refractivity contribution in [2.75, 3.05) is 13.2 Å². The van der Waals surface area contributed by atoms with Crippen molar-refractivity contribution in [3.05, 3.63) is 29.6 Å². The second-order valence-corrected chi connectivity index (χ2v) is 6.35. The molecule has 2 aliphatic rings. The van der Waals surface area contributed by atoms with E-state index in [9.17, 15) is 9.18 Å². The van der Waals surface area contributed by atoms with Crippen LogP contribution in [0.4, 0.5) is 4.39 Å². The van der Waals surface area contributed by atoms with Gasteiger partial charge in [0.05, 0.1) is 24.0 Å². The quantitative estimate of drug-likeness (QED) is 0.628. The van der Waals surface area contributed by atoms with Gasteiger partial charge in [-0.25, -0.2) is 9.18 Å². The lowest BCUT2D eigenvalue weighted by molar-refractivity contribution is 0.0455. The number of rotatable bonds is 4. The molecule has 3 rings (SSSR count). The molecule has 1 heterocycles. The Kier molecular flexibility index (Phi) is 3.44. The summed E-state index contributed by atoms with van der Waals surface area (Å²) in [7, 11) is 0. The van der Waals surface area contributed by atoms with Crippen molar-refractivity contribution in [2.24, 2.45) is 4.99 Å². The predicted octanol–water partition coefficient (Wildman–Crippen LogP) is 3.03. The van der Waals surface area contributed by atoms with E-state index >= 15 is 0 Å². The van der Waals surface area contributed by atoms with Crippen LogP contribution in [0, 0.1) is 5.82 Å². The van der Waals surface area contributed by atoms with E-state index in [1.807, 2.05) is 6.07 Å². The third-order valence-electron chi connectivity index (χ3n) is 3.81. The Labute approximate surface area is 115 Å². The molecule has 19 heavy (non-hydrogen) atoms. The Hall–Kier alpha value is -1.16. The molecule has 1 aromatic rings. The van der Waals surface area contributed by atoms with Crippen molar-refractivity contribution < 1.29 is 13.9 Å². The van der Waals surface area contributed by atoms with Crippen LogP contribution in [0.2, 0.25) is 0 Å². The van der Waals surface area contributed by atoms with E-state index in [1.54, 1.807) is 12.1 Å². The van der Waals surface area contributed by atoms with Crippen LogP contribution < -0.4 is 0 Å². The van der Waals surface area contributed by atoms with E-state index in [1.165, 1.54) is 17.8 Å². The molecule has 100 valence electrons. The summed E-state index contributed by atoms with van der Waals surface area (Å²) in [5, 5.41) is 0.353. The highest BCUT2D eigenvalue weighted by atomic mass is 32.2. The van der Waals surface area contributed by atoms with Crippen molar-refractivity contribution in [1.82, 2.24) is 0 Å². The van der Waals surface area contributed by atoms with Gasteiger partial charge in [-0.2, -0.15) is 4.99 Å². The fourth-order valence-corrected chi connectivity index (χ4v) is 3.42. The Morgan fingerprint density at radius 2 is 2.21 bits per heavy atom. The third kappa shape index (κ3) is 2.34. The van der Waals surface area contributed by atoms with Gasteiger partial charge in [0.2, 0.25) is 6.08 Å². The number of hydrogen-bond donors (Lipinski definition) is 0. The molecule has 2 fully saturated rings. The summed E-state index contributed by atoms with van der Waals surface area (Å²) < 4.78 is 19.2. The van der Waals surface area contributed by atoms with E-state index in [4.69, 9.17) is 4.74 Å². The van der Waals surface area contributed by atoms with Crippen molar-refractivity contribution >= 4 is 17.8 Å². The monoisotopic (exact) mass is 279 g/mol. The summed E-state index contributed by atoms with van der Waals surface area (Å²) in [6.45, 7) is 1.37. The van der Waals surface area contributed by atoms with Gasteiger partial charge in [0.25, 0.3) is 0 Å². The molecule has 3 nitrogen and oxygen atoms in total. The number of ether oxygens (including phenoxy) is 1. The first-order chi connectivity index (χ1) is 9.23. The van der Waals surface area contributed by atoms with Gasteiger partial charge in [0.1, 0.15) is 5.82 Å². The predicted molar refractivity (Wildman–Crippen MR) is 70.5 cm³/mol. The summed E-state index contributed by atoms with van der Waals surface area (Å²) >= 11 is 1.51. The fraction of sp³-hybridized carbons (Fsp3) is 0.500. The van der Waals surface area contributed by atoms with E-state index in [-0.39, 0.29) is 5.82 Å². The first-order valence-corrected chi connectivity index (χ1v) is 7.25. The van der Waals surface area contributed by atoms with E-state index < -0.39 is 5.54 Å². The molecular formula is C14H14FNO2S. The maximum Gasteiger partial charge on any atom is 0.235 e. The minimum atomic E-state index is -0.522. The molecule has 0 bridgehead atoms. The standard InChI is InChI=1S/C14H14FNO2S/c15-12-6-10(14(16-9-17)4-1-5-14)2-3-13(12)19-11-7-18-8-11/h2-3,6,11H,1,4-5,7-8H2. The molecule has 0 unspecified atom stereocenters. The molecule has 0 radical (unpaired) electrons. The van der Waals surface area contributed by atoms with Gasteiger partial charge in [0, 0.05) is 4.90 Å². The topological polar surface area (TPSA) is 38.7 Å². The molecule has 1 aliphatic carbocycles. The van der Waals surface area contributed by atoms with Gasteiger partial charge in [-0.3, -0.25) is 0 Å². The summed E-state index contributed by atoms with van der Waals surface area (Å²) in [5.41, 5.74) is 0.263. The van der Waals surface area contributed by atoms with Gasteiger partial charge in [-0.05, 0) is 37.0 Å². The number of nitrogens with zero attached hydrogens (tertiary/aromatic N) is 1. The maximum atomic E-state index is 14.1. The highest BCUT2D eigenvalue weighted by Gasteiger charge is 2.39. The highest BCUT2D eigenvalue weighted by molar-refractivity contribution is 8.00. The summed E-state index contributed by atoms with van der Waals surface area (Å²) in [4.78, 5) is 15.1. The van der Waals surface area contributed by atoms with Gasteiger partial charge in [0.15, 0.2) is 0 Å². The van der Waals surface area contributed by atoms with E-state index in [2.05, 4.69) is 4.99 Å². The van der Waals surface area contributed by atoms with E-state index in [0.29, 0.717) is 23.4 Å². The van der Waals surface area contributed by atoms with Crippen LogP contribution in [0.15, 0.2) is 28.1 Å². The molecule has 0 N–H and O–H groups in total. The van der Waals surface area contributed by atoms with Crippen LogP contribution in [-0.2, 0) is 15.1 Å². The third-order valence-corrected chi connectivity index (χ3v) is 5.00. The molecule has 1 saturated heterocycles. The Bertz CT molecular complexity index is 534. The zero-order valence-corrected chi connectivity index (χ0v) is 11.2. The fourth-order valence-electron chi connectivity index (χ4n) is 2.41. The smallest absolute Gasteiger partial charge is 0.235 e. The molecule has 1 aliphatic heterocycles. The second-order valence-electron chi connectivity index (χ2n) is 5.01. The van der Waals surface area contributed by atoms with E-state index in [0.717, 1.165) is 24.8 Å². The molecule has 0 aromatic heterocycles. The highest BCUT2D eigenvalue weighted by Crippen LogP contribution is 2.45. The number of aliphatic imine (C=N–C) groups is 1. The van der Waals surface area contributed by atoms with Crippen molar-refractivity contribution in [3.63, 3.8) is 0 Å². The van der Waals surface area contributed by atoms with Gasteiger partial charge >= 0.3 is 0 Å². The summed E-state index contributed by atoms with van der Waals surface area (Å²) in [5.74, 6) is -0.234. The van der Waals surface area contributed by atoms with Gasteiger partial charge in [-0.15, -0.1) is 11.8 Å². The van der Waals surface area contributed by atoms with Crippen LogP contribution in [0.25, 0.3) is 0 Å². The number of benzene rings is 1. The van der Waals surface area contributed by atoms with Crippen molar-refractivity contribution in [3.8, 4) is 0 Å². The number of isocyanates is 1. The van der Waals surface area contributed by atoms with Crippen LogP contribution in [0.5, 0.6) is 0 Å². The second kappa shape index (κ2) is 5.08. The van der Waals surface area contributed by atoms with Crippen LogP contribution in [-0.4, -0.2) is 24.5 Å². The first-order valence-electron chi connectivity index (χ1n) is 6.37. The summed E-state index contributed by atoms with van der Waals surface area (Å²) in [6, 6.07) is 5.18. The Morgan fingerprint density at radius 3 is 2.68 bits per heavy atom. The molecule has 0 spiro atoms. The molecule has 0 atom stereocenters. The van der Waals surface area contributed by atoms with Gasteiger partial charge in [-0.1, -0.05) is 6.07 Å². The average molecular weight is 279 g/mol. The zero-order valence-electron chi connectivity index (χ0n) is 10.4. The maximum absolute atomic E-state index is 14.1. The number of thioether (sulfide) groups is 1. The minimum Gasteiger partial charge on any atom is -0.379 e. The lowest BCUT2D eigenvalue weighted by Gasteiger charge is -2.37. The van der Waals surface area contributed by atoms with Crippen LogP contribution >= 0.6 is 11.8 Å². The zero-order chi connectivity index (χ0) is 13.3. The van der Waals surface area contributed by atoms with Gasteiger partial charge < -0.3 is 4.74 Å². The first kappa shape index (κ1) is 12.9. The molecule has 1 saturated carbocycles. The Morgan fingerprint density at radius 1 is 1.42 bits per heavy atom. The average Bonchev–Trinajstić information content (AvgIpc) is 2.30. The van der Waals surface area contributed by atoms with Crippen LogP contribution in [0.1, 0.15) is 24.8 Å². The van der Waals surface area contributed by atoms with Crippen molar-refractivity contribution in [1.29, 1.82) is 0 Å². The normalized spacial score (nSPS) is 21.1. The lowest BCUT2D eigenvalue weighted by Crippen LogP contribution is -2.32.